The van der Waals surface area contributed by atoms with E-state index in [0.717, 1.165) is 11.3 Å². The summed E-state index contributed by atoms with van der Waals surface area (Å²) in [6, 6.07) is 30.0. The van der Waals surface area contributed by atoms with Crippen LogP contribution in [0.4, 0.5) is 0 Å². The van der Waals surface area contributed by atoms with Gasteiger partial charge in [0.05, 0.1) is 22.2 Å². The van der Waals surface area contributed by atoms with Gasteiger partial charge in [-0.15, -0.1) is 0 Å². The zero-order valence-electron chi connectivity index (χ0n) is 21.6. The molecule has 2 heteroatoms. The van der Waals surface area contributed by atoms with E-state index in [1.807, 2.05) is 32.9 Å². The first-order chi connectivity index (χ1) is 17.3. The van der Waals surface area contributed by atoms with Crippen molar-refractivity contribution in [2.45, 2.75) is 27.1 Å². The van der Waals surface area contributed by atoms with Crippen LogP contribution < -0.4 is 0 Å². The van der Waals surface area contributed by atoms with E-state index >= 15 is 0 Å². The van der Waals surface area contributed by atoms with Crippen LogP contribution in [-0.2, 0) is 6.37 Å². The Kier molecular flexibility index (Phi) is 3.51. The summed E-state index contributed by atoms with van der Waals surface area (Å²) in [4.78, 5) is 4.69. The topological polar surface area (TPSA) is 17.3 Å². The molecule has 2 nitrogen and oxygen atoms in total. The molecule has 7 aromatic rings. The molecule has 0 N–H and O–H groups in total. The summed E-state index contributed by atoms with van der Waals surface area (Å²) in [5.74, 6) is 0. The molecule has 0 aliphatic carbocycles. The van der Waals surface area contributed by atoms with Crippen molar-refractivity contribution in [3.05, 3.63) is 96.7 Å². The Labute approximate surface area is 201 Å². The summed E-state index contributed by atoms with van der Waals surface area (Å²) in [5, 5.41) is 7.51. The molecule has 3 aromatic heterocycles. The third-order valence-corrected chi connectivity index (χ3v) is 6.78. The molecule has 164 valence electrons. The maximum atomic E-state index is 8.57. The molecular weight excluding hydrogens is 412 g/mol. The van der Waals surface area contributed by atoms with Crippen molar-refractivity contribution < 1.29 is 2.74 Å². The second kappa shape index (κ2) is 6.80. The van der Waals surface area contributed by atoms with Gasteiger partial charge in [0.2, 0.25) is 0 Å². The molecule has 0 saturated carbocycles. The average molecular weight is 441 g/mol. The highest BCUT2D eigenvalue weighted by atomic mass is 14.9. The summed E-state index contributed by atoms with van der Waals surface area (Å²) in [6.07, 6.45) is 0.233. The minimum absolute atomic E-state index is 0.512. The zero-order valence-corrected chi connectivity index (χ0v) is 19.6. The van der Waals surface area contributed by atoms with Crippen LogP contribution in [0.5, 0.6) is 0 Å². The first kappa shape index (κ1) is 17.6. The molecule has 0 atom stereocenters. The third kappa shape index (κ3) is 2.78. The van der Waals surface area contributed by atoms with Crippen LogP contribution in [0.15, 0.2) is 91.1 Å². The SMILES string of the molecule is [2H]C([2H])(c1ccc(-c2ccc3ccc4c(c3c2)c2cccc3c5ccccc5n4c32)nc1)C(C)(C)C. The molecule has 3 heterocycles. The Balaban J connectivity index is 1.47. The number of benzene rings is 4. The van der Waals surface area contributed by atoms with Crippen LogP contribution in [-0.4, -0.2) is 9.38 Å². The highest BCUT2D eigenvalue weighted by molar-refractivity contribution is 6.28. The van der Waals surface area contributed by atoms with Crippen LogP contribution in [0.1, 0.15) is 29.1 Å². The Morgan fingerprint density at radius 2 is 1.56 bits per heavy atom. The summed E-state index contributed by atoms with van der Waals surface area (Å²) in [6.45, 7) is 5.76. The van der Waals surface area contributed by atoms with Crippen molar-refractivity contribution >= 4 is 48.9 Å². The molecule has 0 amide bonds. The summed E-state index contributed by atoms with van der Waals surface area (Å²) in [5.41, 5.74) is 5.71. The summed E-state index contributed by atoms with van der Waals surface area (Å²) in [7, 11) is 0. The molecular formula is C32H26N2. The number of rotatable bonds is 2. The van der Waals surface area contributed by atoms with Crippen molar-refractivity contribution in [3.8, 4) is 11.3 Å². The van der Waals surface area contributed by atoms with Crippen LogP contribution in [0.3, 0.4) is 0 Å². The van der Waals surface area contributed by atoms with Crippen molar-refractivity contribution in [2.75, 3.05) is 0 Å². The Morgan fingerprint density at radius 1 is 0.765 bits per heavy atom. The van der Waals surface area contributed by atoms with Crippen molar-refractivity contribution in [3.63, 3.8) is 0 Å². The molecule has 0 bridgehead atoms. The van der Waals surface area contributed by atoms with Gasteiger partial charge in [0.1, 0.15) is 0 Å². The fourth-order valence-corrected chi connectivity index (χ4v) is 5.48. The second-order valence-electron chi connectivity index (χ2n) is 10.3. The van der Waals surface area contributed by atoms with Crippen LogP contribution in [0, 0.1) is 5.41 Å². The monoisotopic (exact) mass is 440 g/mol. The zero-order chi connectivity index (χ0) is 24.8. The normalized spacial score (nSPS) is 14.0. The standard InChI is InChI=1S/C32H26N2/c1-32(2,3)18-20-11-15-27(33-19-20)22-13-12-21-14-16-29-30(26(21)17-22)25-9-6-8-24-23-7-4-5-10-28(23)34(29)31(24)25/h4-17,19H,18H2,1-3H3/i18D2. The Hall–Kier alpha value is -3.91. The highest BCUT2D eigenvalue weighted by Gasteiger charge is 2.18. The fraction of sp³-hybridized carbons (Fsp3) is 0.156. The maximum Gasteiger partial charge on any atom is 0.0702 e. The molecule has 0 aliphatic rings. The van der Waals surface area contributed by atoms with Gasteiger partial charge in [0.25, 0.3) is 0 Å². The molecule has 7 rings (SSSR count). The smallest absolute Gasteiger partial charge is 0.0702 e. The number of pyridine rings is 1. The molecule has 0 aliphatic heterocycles. The lowest BCUT2D eigenvalue weighted by atomic mass is 9.89. The number of hydrogen-bond donors (Lipinski definition) is 0. The van der Waals surface area contributed by atoms with Gasteiger partial charge in [-0.05, 0) is 52.4 Å². The maximum absolute atomic E-state index is 8.57. The summed E-state index contributed by atoms with van der Waals surface area (Å²) < 4.78 is 19.5. The van der Waals surface area contributed by atoms with E-state index in [1.54, 1.807) is 6.20 Å². The van der Waals surface area contributed by atoms with Gasteiger partial charge in [-0.3, -0.25) is 4.98 Å². The lowest BCUT2D eigenvalue weighted by Crippen LogP contribution is -2.09. The molecule has 0 radical (unpaired) electrons. The quantitative estimate of drug-likeness (QED) is 0.263. The third-order valence-electron chi connectivity index (χ3n) is 6.78. The van der Waals surface area contributed by atoms with Gasteiger partial charge in [0.15, 0.2) is 0 Å². The van der Waals surface area contributed by atoms with Crippen LogP contribution in [0.25, 0.3) is 60.1 Å². The number of aromatic nitrogens is 2. The van der Waals surface area contributed by atoms with Gasteiger partial charge in [-0.25, -0.2) is 0 Å². The molecule has 4 aromatic carbocycles. The van der Waals surface area contributed by atoms with Gasteiger partial charge in [-0.2, -0.15) is 0 Å². The first-order valence-corrected chi connectivity index (χ1v) is 11.8. The highest BCUT2D eigenvalue weighted by Crippen LogP contribution is 2.42. The van der Waals surface area contributed by atoms with Crippen LogP contribution >= 0.6 is 0 Å². The van der Waals surface area contributed by atoms with E-state index in [1.165, 1.54) is 48.9 Å². The molecule has 0 spiro atoms. The fourth-order valence-electron chi connectivity index (χ4n) is 5.48. The Bertz CT molecular complexity index is 1940. The number of hydrogen-bond acceptors (Lipinski definition) is 1. The molecule has 0 saturated heterocycles. The lowest BCUT2D eigenvalue weighted by Gasteiger charge is -2.17. The Morgan fingerprint density at radius 3 is 2.38 bits per heavy atom. The van der Waals surface area contributed by atoms with E-state index < -0.39 is 11.8 Å². The van der Waals surface area contributed by atoms with E-state index in [9.17, 15) is 0 Å². The minimum atomic E-state index is -1.46. The van der Waals surface area contributed by atoms with Crippen LogP contribution in [0.2, 0.25) is 0 Å². The number of nitrogens with zero attached hydrogens (tertiary/aromatic N) is 2. The predicted octanol–water partition coefficient (Wildman–Crippen LogP) is 8.64. The lowest BCUT2D eigenvalue weighted by molar-refractivity contribution is 0.411. The van der Waals surface area contributed by atoms with Gasteiger partial charge in [0, 0.05) is 36.0 Å². The van der Waals surface area contributed by atoms with E-state index in [4.69, 9.17) is 7.73 Å². The predicted molar refractivity (Wildman–Crippen MR) is 145 cm³/mol. The minimum Gasteiger partial charge on any atom is -0.308 e. The summed E-state index contributed by atoms with van der Waals surface area (Å²) >= 11 is 0. The number of para-hydroxylation sites is 2. The largest absolute Gasteiger partial charge is 0.308 e. The van der Waals surface area contributed by atoms with Gasteiger partial charge in [-0.1, -0.05) is 81.4 Å². The second-order valence-corrected chi connectivity index (χ2v) is 10.3. The first-order valence-electron chi connectivity index (χ1n) is 12.8. The van der Waals surface area contributed by atoms with E-state index in [2.05, 4.69) is 77.2 Å². The van der Waals surface area contributed by atoms with Crippen molar-refractivity contribution in [1.82, 2.24) is 9.38 Å². The number of fused-ring (bicyclic) bond motifs is 8. The van der Waals surface area contributed by atoms with Crippen molar-refractivity contribution in [1.29, 1.82) is 0 Å². The van der Waals surface area contributed by atoms with E-state index in [-0.39, 0.29) is 0 Å². The average Bonchev–Trinajstić information content (AvgIpc) is 3.40. The molecule has 0 unspecified atom stereocenters. The van der Waals surface area contributed by atoms with Gasteiger partial charge < -0.3 is 4.40 Å². The van der Waals surface area contributed by atoms with E-state index in [0.29, 0.717) is 5.56 Å². The molecule has 0 fully saturated rings. The van der Waals surface area contributed by atoms with Gasteiger partial charge >= 0.3 is 0 Å². The molecule has 34 heavy (non-hydrogen) atoms. The van der Waals surface area contributed by atoms with Crippen molar-refractivity contribution in [2.24, 2.45) is 5.41 Å².